The van der Waals surface area contributed by atoms with E-state index in [0.29, 0.717) is 6.42 Å². The predicted octanol–water partition coefficient (Wildman–Crippen LogP) is 2.91. The third-order valence-electron chi connectivity index (χ3n) is 3.52. The van der Waals surface area contributed by atoms with E-state index in [1.165, 1.54) is 15.3 Å². The quantitative estimate of drug-likeness (QED) is 0.813. The number of hydrogen-bond donors (Lipinski definition) is 2. The summed E-state index contributed by atoms with van der Waals surface area (Å²) in [6.07, 6.45) is 2.12. The van der Waals surface area contributed by atoms with Crippen LogP contribution < -0.4 is 5.32 Å². The van der Waals surface area contributed by atoms with Crippen molar-refractivity contribution < 1.29 is 14.7 Å². The second-order valence-corrected chi connectivity index (χ2v) is 6.74. The minimum atomic E-state index is -0.887. The van der Waals surface area contributed by atoms with Crippen LogP contribution in [0.3, 0.4) is 0 Å². The van der Waals surface area contributed by atoms with Crippen LogP contribution in [0, 0.1) is 19.8 Å². The summed E-state index contributed by atoms with van der Waals surface area (Å²) in [5, 5.41) is 11.6. The minimum Gasteiger partial charge on any atom is -0.481 e. The topological polar surface area (TPSA) is 66.4 Å². The summed E-state index contributed by atoms with van der Waals surface area (Å²) in [5.74, 6) is -1.53. The van der Waals surface area contributed by atoms with E-state index in [4.69, 9.17) is 5.11 Å². The number of carboxylic acids is 1. The Morgan fingerprint density at radius 2 is 2.00 bits per heavy atom. The first kappa shape index (κ1) is 16.7. The fraction of sp³-hybridized carbons (Fsp3) is 0.600. The third kappa shape index (κ3) is 4.96. The van der Waals surface area contributed by atoms with Crippen LogP contribution in [-0.4, -0.2) is 23.0 Å². The highest BCUT2D eigenvalue weighted by molar-refractivity contribution is 7.12. The molecule has 0 bridgehead atoms. The van der Waals surface area contributed by atoms with Gasteiger partial charge >= 0.3 is 5.97 Å². The van der Waals surface area contributed by atoms with Gasteiger partial charge in [-0.2, -0.15) is 0 Å². The fourth-order valence-electron chi connectivity index (χ4n) is 2.04. The second kappa shape index (κ2) is 7.43. The van der Waals surface area contributed by atoms with Crippen molar-refractivity contribution in [2.24, 2.45) is 5.92 Å². The number of carboxylic acid groups (broad SMARTS) is 1. The summed E-state index contributed by atoms with van der Waals surface area (Å²) in [6, 6.07) is 1.83. The van der Waals surface area contributed by atoms with Gasteiger partial charge in [0, 0.05) is 22.2 Å². The Balaban J connectivity index is 2.33. The standard InChI is InChI=1S/C15H23NO3S/c1-9-8-13(12(4)20-9)6-5-7-14(17)16-11(3)10(2)15(18)19/h8,10-11H,5-7H2,1-4H3,(H,16,17)(H,18,19). The lowest BCUT2D eigenvalue weighted by Crippen LogP contribution is -2.39. The molecule has 1 heterocycles. The second-order valence-electron chi connectivity index (χ2n) is 5.28. The Kier molecular flexibility index (Phi) is 6.20. The molecule has 0 aliphatic heterocycles. The SMILES string of the molecule is Cc1cc(CCCC(=O)NC(C)C(C)C(=O)O)c(C)s1. The van der Waals surface area contributed by atoms with Crippen molar-refractivity contribution in [2.75, 3.05) is 0 Å². The first-order valence-electron chi connectivity index (χ1n) is 6.89. The van der Waals surface area contributed by atoms with Crippen molar-refractivity contribution in [1.82, 2.24) is 5.32 Å². The summed E-state index contributed by atoms with van der Waals surface area (Å²) < 4.78 is 0. The van der Waals surface area contributed by atoms with Gasteiger partial charge in [0.05, 0.1) is 5.92 Å². The summed E-state index contributed by atoms with van der Waals surface area (Å²) in [7, 11) is 0. The Morgan fingerprint density at radius 3 is 2.50 bits per heavy atom. The van der Waals surface area contributed by atoms with E-state index in [1.54, 1.807) is 25.2 Å². The molecule has 1 rings (SSSR count). The molecular weight excluding hydrogens is 274 g/mol. The Morgan fingerprint density at radius 1 is 1.35 bits per heavy atom. The molecule has 0 saturated heterocycles. The number of carbonyl (C=O) groups excluding carboxylic acids is 1. The largest absolute Gasteiger partial charge is 0.481 e. The minimum absolute atomic E-state index is 0.0739. The zero-order valence-corrected chi connectivity index (χ0v) is 13.3. The Labute approximate surface area is 124 Å². The third-order valence-corrected chi connectivity index (χ3v) is 4.53. The molecule has 112 valence electrons. The summed E-state index contributed by atoms with van der Waals surface area (Å²) in [4.78, 5) is 25.2. The molecule has 0 aromatic carbocycles. The number of carbonyl (C=O) groups is 2. The van der Waals surface area contributed by atoms with Gasteiger partial charge in [-0.05, 0) is 52.2 Å². The van der Waals surface area contributed by atoms with Crippen molar-refractivity contribution in [3.63, 3.8) is 0 Å². The fourth-order valence-corrected chi connectivity index (χ4v) is 3.01. The van der Waals surface area contributed by atoms with Gasteiger partial charge in [-0.3, -0.25) is 9.59 Å². The molecule has 0 aliphatic rings. The summed E-state index contributed by atoms with van der Waals surface area (Å²) in [5.41, 5.74) is 1.31. The Bertz CT molecular complexity index is 481. The first-order chi connectivity index (χ1) is 9.31. The average molecular weight is 297 g/mol. The smallest absolute Gasteiger partial charge is 0.308 e. The van der Waals surface area contributed by atoms with Gasteiger partial charge in [0.1, 0.15) is 0 Å². The zero-order chi connectivity index (χ0) is 15.3. The molecule has 4 nitrogen and oxygen atoms in total. The lowest BCUT2D eigenvalue weighted by Gasteiger charge is -2.17. The normalized spacial score (nSPS) is 13.8. The summed E-state index contributed by atoms with van der Waals surface area (Å²) >= 11 is 1.78. The van der Waals surface area contributed by atoms with Crippen LogP contribution in [0.25, 0.3) is 0 Å². The molecule has 2 unspecified atom stereocenters. The molecule has 0 aliphatic carbocycles. The molecule has 2 N–H and O–H groups in total. The summed E-state index contributed by atoms with van der Waals surface area (Å²) in [6.45, 7) is 7.51. The highest BCUT2D eigenvalue weighted by Gasteiger charge is 2.20. The van der Waals surface area contributed by atoms with Crippen LogP contribution in [0.4, 0.5) is 0 Å². The lowest BCUT2D eigenvalue weighted by atomic mass is 10.0. The van der Waals surface area contributed by atoms with Crippen molar-refractivity contribution in [2.45, 2.75) is 53.0 Å². The van der Waals surface area contributed by atoms with Gasteiger partial charge in [0.25, 0.3) is 0 Å². The highest BCUT2D eigenvalue weighted by atomic mass is 32.1. The van der Waals surface area contributed by atoms with E-state index >= 15 is 0 Å². The number of hydrogen-bond acceptors (Lipinski definition) is 3. The van der Waals surface area contributed by atoms with Crippen molar-refractivity contribution >= 4 is 23.2 Å². The Hall–Kier alpha value is -1.36. The van der Waals surface area contributed by atoms with E-state index in [2.05, 4.69) is 25.2 Å². The van der Waals surface area contributed by atoms with E-state index in [-0.39, 0.29) is 11.9 Å². The first-order valence-corrected chi connectivity index (χ1v) is 7.71. The maximum absolute atomic E-state index is 11.8. The molecule has 0 radical (unpaired) electrons. The van der Waals surface area contributed by atoms with Crippen LogP contribution in [0.5, 0.6) is 0 Å². The highest BCUT2D eigenvalue weighted by Crippen LogP contribution is 2.22. The molecule has 20 heavy (non-hydrogen) atoms. The number of amides is 1. The van der Waals surface area contributed by atoms with E-state index in [9.17, 15) is 9.59 Å². The van der Waals surface area contributed by atoms with E-state index in [0.717, 1.165) is 12.8 Å². The van der Waals surface area contributed by atoms with Crippen molar-refractivity contribution in [1.29, 1.82) is 0 Å². The van der Waals surface area contributed by atoms with E-state index < -0.39 is 11.9 Å². The number of aliphatic carboxylic acids is 1. The predicted molar refractivity (Wildman–Crippen MR) is 81.1 cm³/mol. The van der Waals surface area contributed by atoms with Crippen molar-refractivity contribution in [3.05, 3.63) is 21.4 Å². The molecule has 0 saturated carbocycles. The van der Waals surface area contributed by atoms with Gasteiger partial charge in [-0.25, -0.2) is 0 Å². The number of nitrogens with one attached hydrogen (secondary N) is 1. The zero-order valence-electron chi connectivity index (χ0n) is 12.5. The van der Waals surface area contributed by atoms with Crippen LogP contribution in [0.2, 0.25) is 0 Å². The number of aryl methyl sites for hydroxylation is 3. The van der Waals surface area contributed by atoms with E-state index in [1.807, 2.05) is 0 Å². The molecule has 0 fully saturated rings. The van der Waals surface area contributed by atoms with Gasteiger partial charge in [-0.15, -0.1) is 11.3 Å². The van der Waals surface area contributed by atoms with Gasteiger partial charge in [0.15, 0.2) is 0 Å². The molecule has 5 heteroatoms. The maximum atomic E-state index is 11.8. The molecule has 0 spiro atoms. The number of rotatable bonds is 7. The average Bonchev–Trinajstić information content (AvgIpc) is 2.66. The molecular formula is C15H23NO3S. The molecule has 1 aromatic heterocycles. The van der Waals surface area contributed by atoms with Crippen LogP contribution in [0.1, 0.15) is 42.0 Å². The monoisotopic (exact) mass is 297 g/mol. The van der Waals surface area contributed by atoms with Gasteiger partial charge < -0.3 is 10.4 Å². The van der Waals surface area contributed by atoms with Gasteiger partial charge in [-0.1, -0.05) is 0 Å². The molecule has 1 aromatic rings. The maximum Gasteiger partial charge on any atom is 0.308 e. The van der Waals surface area contributed by atoms with Crippen LogP contribution in [0.15, 0.2) is 6.07 Å². The molecule has 1 amide bonds. The van der Waals surface area contributed by atoms with Crippen LogP contribution >= 0.6 is 11.3 Å². The molecule has 2 atom stereocenters. The lowest BCUT2D eigenvalue weighted by molar-refractivity contribution is -0.142. The van der Waals surface area contributed by atoms with Crippen LogP contribution in [-0.2, 0) is 16.0 Å². The van der Waals surface area contributed by atoms with Gasteiger partial charge in [0.2, 0.25) is 5.91 Å². The number of thiophene rings is 1. The van der Waals surface area contributed by atoms with Crippen molar-refractivity contribution in [3.8, 4) is 0 Å².